The first-order chi connectivity index (χ1) is 13.7. The lowest BCUT2D eigenvalue weighted by Crippen LogP contribution is -2.47. The predicted molar refractivity (Wildman–Crippen MR) is 120 cm³/mol. The Morgan fingerprint density at radius 1 is 1.17 bits per heavy atom. The number of carbonyl (C=O) groups is 1. The lowest BCUT2D eigenvalue weighted by molar-refractivity contribution is 0.0239. The Morgan fingerprint density at radius 3 is 2.38 bits per heavy atom. The molecule has 0 bridgehead atoms. The first-order valence-corrected chi connectivity index (χ1v) is 13.4. The van der Waals surface area contributed by atoms with Crippen LogP contribution in [0.4, 0.5) is 4.79 Å². The van der Waals surface area contributed by atoms with Crippen LogP contribution >= 0.6 is 0 Å². The fourth-order valence-electron chi connectivity index (χ4n) is 4.52. The van der Waals surface area contributed by atoms with Gasteiger partial charge in [0.05, 0.1) is 12.5 Å². The molecule has 0 atom stereocenters. The SMILES string of the molecule is CC[Si](CC)(CC)c1oc2c(OC)ccc3c2c1CCN(C(=O)OC(C)(C)C)C3. The highest BCUT2D eigenvalue weighted by atomic mass is 28.3. The van der Waals surface area contributed by atoms with Crippen molar-refractivity contribution in [3.63, 3.8) is 0 Å². The van der Waals surface area contributed by atoms with Gasteiger partial charge in [0.15, 0.2) is 11.3 Å². The number of carbonyl (C=O) groups excluding carboxylic acids is 1. The molecule has 0 aliphatic carbocycles. The lowest BCUT2D eigenvalue weighted by Gasteiger charge is -2.28. The average molecular weight is 418 g/mol. The molecule has 1 aromatic carbocycles. The molecular formula is C23H35NO4Si. The molecule has 1 aromatic heterocycles. The molecular weight excluding hydrogens is 382 g/mol. The summed E-state index contributed by atoms with van der Waals surface area (Å²) in [5.74, 6) is 0.771. The lowest BCUT2D eigenvalue weighted by atomic mass is 10.1. The van der Waals surface area contributed by atoms with Gasteiger partial charge in [-0.3, -0.25) is 0 Å². The number of nitrogens with zero attached hydrogens (tertiary/aromatic N) is 1. The maximum Gasteiger partial charge on any atom is 0.410 e. The molecule has 0 fully saturated rings. The molecule has 5 nitrogen and oxygen atoms in total. The van der Waals surface area contributed by atoms with E-state index in [9.17, 15) is 4.79 Å². The Bertz CT molecular complexity index is 884. The summed E-state index contributed by atoms with van der Waals surface area (Å²) < 4.78 is 17.9. The summed E-state index contributed by atoms with van der Waals surface area (Å²) >= 11 is 0. The van der Waals surface area contributed by atoms with Crippen LogP contribution in [0.5, 0.6) is 5.75 Å². The van der Waals surface area contributed by atoms with Crippen LogP contribution in [-0.4, -0.2) is 38.3 Å². The molecule has 29 heavy (non-hydrogen) atoms. The standard InChI is InChI=1S/C23H35NO4Si/c1-8-29(9-2,10-3)21-17-13-14-24(22(25)28-23(4,5)6)15-16-11-12-18(26-7)20(27-21)19(16)17/h11-12H,8-10,13-15H2,1-7H3. The third-order valence-corrected chi connectivity index (χ3v) is 11.8. The van der Waals surface area contributed by atoms with Gasteiger partial charge in [-0.25, -0.2) is 4.79 Å². The molecule has 1 aliphatic heterocycles. The summed E-state index contributed by atoms with van der Waals surface area (Å²) in [6.45, 7) is 13.8. The van der Waals surface area contributed by atoms with Gasteiger partial charge in [0.1, 0.15) is 13.7 Å². The molecule has 160 valence electrons. The van der Waals surface area contributed by atoms with Crippen LogP contribution in [0.3, 0.4) is 0 Å². The molecule has 3 rings (SSSR count). The smallest absolute Gasteiger partial charge is 0.410 e. The zero-order valence-corrected chi connectivity index (χ0v) is 20.0. The molecule has 0 N–H and O–H groups in total. The topological polar surface area (TPSA) is 51.9 Å². The zero-order valence-electron chi connectivity index (χ0n) is 19.0. The van der Waals surface area contributed by atoms with E-state index < -0.39 is 13.7 Å². The van der Waals surface area contributed by atoms with E-state index in [1.807, 2.05) is 31.7 Å². The molecule has 1 aliphatic rings. The van der Waals surface area contributed by atoms with Crippen molar-refractivity contribution >= 4 is 30.5 Å². The molecule has 2 aromatic rings. The molecule has 0 saturated carbocycles. The van der Waals surface area contributed by atoms with E-state index in [-0.39, 0.29) is 6.09 Å². The molecule has 2 heterocycles. The van der Waals surface area contributed by atoms with Gasteiger partial charge in [-0.05, 0) is 44.4 Å². The van der Waals surface area contributed by atoms with Gasteiger partial charge in [-0.15, -0.1) is 0 Å². The molecule has 0 unspecified atom stereocenters. The van der Waals surface area contributed by atoms with Crippen molar-refractivity contribution in [3.05, 3.63) is 23.3 Å². The van der Waals surface area contributed by atoms with Crippen LogP contribution in [-0.2, 0) is 17.7 Å². The number of benzene rings is 1. The Labute approximate surface area is 175 Å². The van der Waals surface area contributed by atoms with Crippen LogP contribution in [0.1, 0.15) is 52.7 Å². The number of hydrogen-bond acceptors (Lipinski definition) is 4. The summed E-state index contributed by atoms with van der Waals surface area (Å²) in [5.41, 5.74) is 2.74. The third kappa shape index (κ3) is 3.91. The largest absolute Gasteiger partial charge is 0.493 e. The molecule has 0 saturated heterocycles. The summed E-state index contributed by atoms with van der Waals surface area (Å²) in [5, 5.41) is 2.36. The van der Waals surface area contributed by atoms with Crippen molar-refractivity contribution < 1.29 is 18.7 Å². The predicted octanol–water partition coefficient (Wildman–Crippen LogP) is 5.45. The normalized spacial score (nSPS) is 14.8. The van der Waals surface area contributed by atoms with Crippen LogP contribution in [0.15, 0.2) is 16.5 Å². The van der Waals surface area contributed by atoms with Crippen molar-refractivity contribution in [2.75, 3.05) is 13.7 Å². The molecule has 1 amide bonds. The van der Waals surface area contributed by atoms with Crippen LogP contribution < -0.4 is 10.1 Å². The number of hydrogen-bond donors (Lipinski definition) is 0. The van der Waals surface area contributed by atoms with Crippen molar-refractivity contribution in [1.82, 2.24) is 4.90 Å². The van der Waals surface area contributed by atoms with Gasteiger partial charge < -0.3 is 18.8 Å². The van der Waals surface area contributed by atoms with Crippen molar-refractivity contribution in [2.45, 2.75) is 78.2 Å². The highest BCUT2D eigenvalue weighted by molar-refractivity contribution is 6.91. The maximum atomic E-state index is 12.8. The Kier molecular flexibility index (Phi) is 6.04. The monoisotopic (exact) mass is 417 g/mol. The molecule has 0 radical (unpaired) electrons. The number of ether oxygens (including phenoxy) is 2. The van der Waals surface area contributed by atoms with E-state index in [0.29, 0.717) is 13.1 Å². The van der Waals surface area contributed by atoms with Crippen molar-refractivity contribution in [1.29, 1.82) is 0 Å². The number of rotatable bonds is 5. The summed E-state index contributed by atoms with van der Waals surface area (Å²) in [6.07, 6.45) is 0.534. The second-order valence-corrected chi connectivity index (χ2v) is 14.2. The van der Waals surface area contributed by atoms with E-state index in [1.54, 1.807) is 7.11 Å². The Balaban J connectivity index is 2.14. The minimum atomic E-state index is -1.73. The first-order valence-electron chi connectivity index (χ1n) is 10.8. The van der Waals surface area contributed by atoms with Gasteiger partial charge in [-0.1, -0.05) is 45.0 Å². The Morgan fingerprint density at radius 2 is 1.83 bits per heavy atom. The number of methoxy groups -OCH3 is 1. The van der Waals surface area contributed by atoms with Gasteiger partial charge >= 0.3 is 6.09 Å². The van der Waals surface area contributed by atoms with Crippen LogP contribution in [0.2, 0.25) is 18.1 Å². The second-order valence-electron chi connectivity index (χ2n) is 9.03. The minimum absolute atomic E-state index is 0.255. The van der Waals surface area contributed by atoms with E-state index in [4.69, 9.17) is 13.9 Å². The van der Waals surface area contributed by atoms with Gasteiger partial charge in [0, 0.05) is 18.5 Å². The van der Waals surface area contributed by atoms with Gasteiger partial charge in [-0.2, -0.15) is 0 Å². The highest BCUT2D eigenvalue weighted by Gasteiger charge is 2.38. The third-order valence-electron chi connectivity index (χ3n) is 6.36. The van der Waals surface area contributed by atoms with Gasteiger partial charge in [0.2, 0.25) is 0 Å². The highest BCUT2D eigenvalue weighted by Crippen LogP contribution is 2.37. The quantitative estimate of drug-likeness (QED) is 0.607. The number of furan rings is 1. The fraction of sp³-hybridized carbons (Fsp3) is 0.609. The Hall–Kier alpha value is -1.95. The molecule has 6 heteroatoms. The molecule has 0 spiro atoms. The van der Waals surface area contributed by atoms with E-state index >= 15 is 0 Å². The first kappa shape index (κ1) is 21.7. The van der Waals surface area contributed by atoms with E-state index in [2.05, 4.69) is 26.8 Å². The van der Waals surface area contributed by atoms with Crippen LogP contribution in [0.25, 0.3) is 11.0 Å². The minimum Gasteiger partial charge on any atom is -0.493 e. The van der Waals surface area contributed by atoms with Crippen LogP contribution in [0, 0.1) is 0 Å². The van der Waals surface area contributed by atoms with Gasteiger partial charge in [0.25, 0.3) is 0 Å². The summed E-state index contributed by atoms with van der Waals surface area (Å²) in [4.78, 5) is 14.6. The van der Waals surface area contributed by atoms with E-state index in [0.717, 1.165) is 46.8 Å². The number of amides is 1. The maximum absolute atomic E-state index is 12.8. The second kappa shape index (κ2) is 8.05. The summed E-state index contributed by atoms with van der Waals surface area (Å²) in [7, 11) is -0.0460. The van der Waals surface area contributed by atoms with Crippen molar-refractivity contribution in [3.8, 4) is 5.75 Å². The fourth-order valence-corrected chi connectivity index (χ4v) is 8.19. The zero-order chi connectivity index (χ0) is 21.4. The van der Waals surface area contributed by atoms with Crippen molar-refractivity contribution in [2.24, 2.45) is 0 Å². The summed E-state index contributed by atoms with van der Waals surface area (Å²) in [6, 6.07) is 7.49. The average Bonchev–Trinajstić information content (AvgIpc) is 2.94. The van der Waals surface area contributed by atoms with E-state index in [1.165, 1.54) is 10.9 Å².